The molecule has 0 aromatic heterocycles. The van der Waals surface area contributed by atoms with E-state index < -0.39 is 0 Å². The van der Waals surface area contributed by atoms with Gasteiger partial charge in [0, 0.05) is 0 Å². The van der Waals surface area contributed by atoms with Crippen LogP contribution in [0.3, 0.4) is 0 Å². The zero-order chi connectivity index (χ0) is 17.2. The summed E-state index contributed by atoms with van der Waals surface area (Å²) in [7, 11) is 0. The highest BCUT2D eigenvalue weighted by atomic mass is 14.5. The summed E-state index contributed by atoms with van der Waals surface area (Å²) >= 11 is 0. The van der Waals surface area contributed by atoms with Crippen LogP contribution >= 0.6 is 0 Å². The van der Waals surface area contributed by atoms with Crippen molar-refractivity contribution in [3.8, 4) is 0 Å². The van der Waals surface area contributed by atoms with Gasteiger partial charge in [-0.15, -0.1) is 0 Å². The normalized spacial score (nSPS) is 34.2. The summed E-state index contributed by atoms with van der Waals surface area (Å²) in [6, 6.07) is 0. The molecule has 4 unspecified atom stereocenters. The Hall–Kier alpha value is 0. The van der Waals surface area contributed by atoms with Crippen molar-refractivity contribution >= 4 is 0 Å². The van der Waals surface area contributed by atoms with Crippen LogP contribution in [0.1, 0.15) is 82.1 Å². The molecule has 0 amide bonds. The molecule has 0 N–H and O–H groups in total. The van der Waals surface area contributed by atoms with E-state index in [-0.39, 0.29) is 0 Å². The molecule has 1 aliphatic carbocycles. The second kappa shape index (κ2) is 8.20. The highest BCUT2D eigenvalue weighted by Crippen LogP contribution is 2.51. The molecule has 1 fully saturated rings. The van der Waals surface area contributed by atoms with Gasteiger partial charge in [0.05, 0.1) is 0 Å². The minimum Gasteiger partial charge on any atom is -0.0625 e. The first kappa shape index (κ1) is 20.0. The summed E-state index contributed by atoms with van der Waals surface area (Å²) < 4.78 is 0. The minimum absolute atomic E-state index is 0.818. The van der Waals surface area contributed by atoms with Gasteiger partial charge in [-0.25, -0.2) is 0 Å². The largest absolute Gasteiger partial charge is 0.0625 e. The summed E-state index contributed by atoms with van der Waals surface area (Å²) in [6.07, 6.45) is 2.93. The molecule has 22 heavy (non-hydrogen) atoms. The SMILES string of the molecule is CC(C)C1CC(C(C)C)C(C(C)C)C(C(C)C)CC1C(C)C. The van der Waals surface area contributed by atoms with Gasteiger partial charge in [-0.3, -0.25) is 0 Å². The standard InChI is InChI=1S/C22H44/c1-13(2)18-11-20(15(5)6)22(17(9)10)21(16(7)8)12-19(18)14(3)4/h13-22H,11-12H2,1-10H3. The molecule has 0 heteroatoms. The lowest BCUT2D eigenvalue weighted by Crippen LogP contribution is -2.33. The third-order valence-electron chi connectivity index (χ3n) is 6.82. The van der Waals surface area contributed by atoms with Crippen LogP contribution in [0.2, 0.25) is 0 Å². The first-order valence-electron chi connectivity index (χ1n) is 10.1. The van der Waals surface area contributed by atoms with E-state index in [4.69, 9.17) is 0 Å². The summed E-state index contributed by atoms with van der Waals surface area (Å²) in [5, 5.41) is 0. The molecule has 132 valence electrons. The highest BCUT2D eigenvalue weighted by molar-refractivity contribution is 4.92. The van der Waals surface area contributed by atoms with E-state index >= 15 is 0 Å². The van der Waals surface area contributed by atoms with Gasteiger partial charge in [0.2, 0.25) is 0 Å². The lowest BCUT2D eigenvalue weighted by atomic mass is 9.66. The third kappa shape index (κ3) is 4.51. The Morgan fingerprint density at radius 3 is 0.864 bits per heavy atom. The second-order valence-electron chi connectivity index (χ2n) is 9.92. The molecule has 0 nitrogen and oxygen atoms in total. The lowest BCUT2D eigenvalue weighted by molar-refractivity contribution is 0.0926. The molecule has 4 atom stereocenters. The predicted molar refractivity (Wildman–Crippen MR) is 101 cm³/mol. The number of hydrogen-bond donors (Lipinski definition) is 0. The Bertz CT molecular complexity index is 282. The monoisotopic (exact) mass is 308 g/mol. The summed E-state index contributed by atoms with van der Waals surface area (Å²) in [5.41, 5.74) is 0. The Labute approximate surface area is 141 Å². The van der Waals surface area contributed by atoms with Crippen LogP contribution in [0.25, 0.3) is 0 Å². The summed E-state index contributed by atoms with van der Waals surface area (Å²) in [4.78, 5) is 0. The van der Waals surface area contributed by atoms with E-state index in [0.717, 1.165) is 59.2 Å². The summed E-state index contributed by atoms with van der Waals surface area (Å²) in [6.45, 7) is 24.7. The maximum absolute atomic E-state index is 2.48. The topological polar surface area (TPSA) is 0 Å². The van der Waals surface area contributed by atoms with Gasteiger partial charge < -0.3 is 0 Å². The molecule has 0 aromatic carbocycles. The van der Waals surface area contributed by atoms with Crippen molar-refractivity contribution in [2.24, 2.45) is 59.2 Å². The molecule has 0 aliphatic heterocycles. The molecule has 0 spiro atoms. The van der Waals surface area contributed by atoms with Crippen LogP contribution in [-0.2, 0) is 0 Å². The van der Waals surface area contributed by atoms with Crippen molar-refractivity contribution < 1.29 is 0 Å². The molecule has 0 saturated heterocycles. The van der Waals surface area contributed by atoms with Crippen LogP contribution in [-0.4, -0.2) is 0 Å². The van der Waals surface area contributed by atoms with E-state index in [2.05, 4.69) is 69.2 Å². The maximum Gasteiger partial charge on any atom is -0.0329 e. The molecule has 0 aromatic rings. The van der Waals surface area contributed by atoms with Crippen LogP contribution in [0, 0.1) is 59.2 Å². The van der Waals surface area contributed by atoms with E-state index in [9.17, 15) is 0 Å². The zero-order valence-electron chi connectivity index (χ0n) is 17.2. The minimum atomic E-state index is 0.818. The van der Waals surface area contributed by atoms with Crippen LogP contribution in [0.15, 0.2) is 0 Å². The summed E-state index contributed by atoms with van der Waals surface area (Å²) in [5.74, 6) is 8.66. The Balaban J connectivity index is 3.27. The van der Waals surface area contributed by atoms with E-state index in [1.165, 1.54) is 12.8 Å². The van der Waals surface area contributed by atoms with Crippen molar-refractivity contribution in [3.63, 3.8) is 0 Å². The second-order valence-corrected chi connectivity index (χ2v) is 9.92. The van der Waals surface area contributed by atoms with Gasteiger partial charge in [0.15, 0.2) is 0 Å². The van der Waals surface area contributed by atoms with Gasteiger partial charge in [-0.2, -0.15) is 0 Å². The molecule has 1 saturated carbocycles. The third-order valence-corrected chi connectivity index (χ3v) is 6.82. The van der Waals surface area contributed by atoms with E-state index in [1.807, 2.05) is 0 Å². The van der Waals surface area contributed by atoms with Crippen molar-refractivity contribution in [2.45, 2.75) is 82.1 Å². The first-order valence-corrected chi connectivity index (χ1v) is 10.1. The average molecular weight is 309 g/mol. The van der Waals surface area contributed by atoms with Gasteiger partial charge in [-0.1, -0.05) is 69.2 Å². The maximum atomic E-state index is 2.48. The molecule has 0 heterocycles. The quantitative estimate of drug-likeness (QED) is 0.473. The zero-order valence-corrected chi connectivity index (χ0v) is 17.2. The van der Waals surface area contributed by atoms with Crippen molar-refractivity contribution in [3.05, 3.63) is 0 Å². The molecule has 0 radical (unpaired) electrons. The fourth-order valence-electron chi connectivity index (χ4n) is 5.57. The Morgan fingerprint density at radius 1 is 0.409 bits per heavy atom. The molecule has 0 bridgehead atoms. The van der Waals surface area contributed by atoms with Gasteiger partial charge in [-0.05, 0) is 72.0 Å². The highest BCUT2D eigenvalue weighted by Gasteiger charge is 2.43. The van der Waals surface area contributed by atoms with E-state index in [1.54, 1.807) is 0 Å². The van der Waals surface area contributed by atoms with Gasteiger partial charge in [0.1, 0.15) is 0 Å². The number of hydrogen-bond acceptors (Lipinski definition) is 0. The van der Waals surface area contributed by atoms with Crippen molar-refractivity contribution in [1.29, 1.82) is 0 Å². The Kier molecular flexibility index (Phi) is 7.47. The van der Waals surface area contributed by atoms with Crippen molar-refractivity contribution in [1.82, 2.24) is 0 Å². The van der Waals surface area contributed by atoms with E-state index in [0.29, 0.717) is 0 Å². The van der Waals surface area contributed by atoms with Crippen molar-refractivity contribution in [2.75, 3.05) is 0 Å². The lowest BCUT2D eigenvalue weighted by Gasteiger charge is -2.39. The van der Waals surface area contributed by atoms with Crippen LogP contribution in [0.4, 0.5) is 0 Å². The van der Waals surface area contributed by atoms with Crippen LogP contribution in [0.5, 0.6) is 0 Å². The molecule has 1 rings (SSSR count). The van der Waals surface area contributed by atoms with Gasteiger partial charge >= 0.3 is 0 Å². The number of rotatable bonds is 5. The molecular formula is C22H44. The molecular weight excluding hydrogens is 264 g/mol. The fraction of sp³-hybridized carbons (Fsp3) is 1.00. The smallest absolute Gasteiger partial charge is 0.0329 e. The fourth-order valence-corrected chi connectivity index (χ4v) is 5.57. The average Bonchev–Trinajstić information content (AvgIpc) is 2.55. The molecule has 1 aliphatic rings. The Morgan fingerprint density at radius 2 is 0.682 bits per heavy atom. The first-order chi connectivity index (χ1) is 10.1. The van der Waals surface area contributed by atoms with Gasteiger partial charge in [0.25, 0.3) is 0 Å². The van der Waals surface area contributed by atoms with Crippen LogP contribution < -0.4 is 0 Å². The predicted octanol–water partition coefficient (Wildman–Crippen LogP) is 7.14.